The summed E-state index contributed by atoms with van der Waals surface area (Å²) in [7, 11) is 1.77. The van der Waals surface area contributed by atoms with Crippen LogP contribution in [-0.4, -0.2) is 50.3 Å². The predicted octanol–water partition coefficient (Wildman–Crippen LogP) is 2.12. The van der Waals surface area contributed by atoms with Gasteiger partial charge in [-0.05, 0) is 32.9 Å². The third-order valence-corrected chi connectivity index (χ3v) is 3.24. The molecule has 98 valence electrons. The van der Waals surface area contributed by atoms with Crippen LogP contribution in [0.3, 0.4) is 0 Å². The van der Waals surface area contributed by atoms with Crippen LogP contribution in [0.1, 0.15) is 40.5 Å². The summed E-state index contributed by atoms with van der Waals surface area (Å²) in [5.74, 6) is 0. The molecule has 2 atom stereocenters. The van der Waals surface area contributed by atoms with E-state index in [9.17, 15) is 0 Å². The summed E-state index contributed by atoms with van der Waals surface area (Å²) >= 11 is 0. The van der Waals surface area contributed by atoms with Gasteiger partial charge in [-0.3, -0.25) is 4.90 Å². The summed E-state index contributed by atoms with van der Waals surface area (Å²) in [5, 5.41) is 3.63. The van der Waals surface area contributed by atoms with Crippen molar-refractivity contribution in [3.8, 4) is 0 Å². The smallest absolute Gasteiger partial charge is 0.0589 e. The second-order valence-electron chi connectivity index (χ2n) is 4.33. The minimum absolute atomic E-state index is 0.580. The highest BCUT2D eigenvalue weighted by Gasteiger charge is 2.20. The summed E-state index contributed by atoms with van der Waals surface area (Å²) in [6, 6.07) is 1.17. The molecule has 0 aromatic rings. The largest absolute Gasteiger partial charge is 0.383 e. The molecule has 0 aromatic carbocycles. The van der Waals surface area contributed by atoms with Gasteiger partial charge in [-0.2, -0.15) is 0 Å². The van der Waals surface area contributed by atoms with Crippen LogP contribution in [0.15, 0.2) is 0 Å². The zero-order valence-electron chi connectivity index (χ0n) is 11.8. The Morgan fingerprint density at radius 1 is 1.25 bits per heavy atom. The average molecular weight is 230 g/mol. The van der Waals surface area contributed by atoms with Crippen LogP contribution in [-0.2, 0) is 4.74 Å². The van der Waals surface area contributed by atoms with Gasteiger partial charge in [-0.1, -0.05) is 20.8 Å². The van der Waals surface area contributed by atoms with E-state index in [0.717, 1.165) is 26.2 Å². The number of ether oxygens (including phenoxy) is 1. The van der Waals surface area contributed by atoms with E-state index in [2.05, 4.69) is 37.9 Å². The van der Waals surface area contributed by atoms with Crippen molar-refractivity contribution in [2.75, 3.05) is 33.4 Å². The molecule has 0 saturated carbocycles. The van der Waals surface area contributed by atoms with Gasteiger partial charge in [0.15, 0.2) is 0 Å². The Labute approximate surface area is 102 Å². The maximum atomic E-state index is 5.16. The van der Waals surface area contributed by atoms with Crippen LogP contribution in [0.5, 0.6) is 0 Å². The number of hydrogen-bond donors (Lipinski definition) is 1. The number of nitrogens with zero attached hydrogens (tertiary/aromatic N) is 1. The fraction of sp³-hybridized carbons (Fsp3) is 1.00. The first kappa shape index (κ1) is 15.9. The van der Waals surface area contributed by atoms with E-state index >= 15 is 0 Å². The van der Waals surface area contributed by atoms with E-state index in [4.69, 9.17) is 4.74 Å². The van der Waals surface area contributed by atoms with Crippen LogP contribution in [0.25, 0.3) is 0 Å². The van der Waals surface area contributed by atoms with Gasteiger partial charge in [-0.25, -0.2) is 0 Å². The SMILES string of the molecule is CCCNC(CC)C(C)N(CC)CCOC. The number of nitrogens with one attached hydrogen (secondary N) is 1. The molecule has 0 aromatic heterocycles. The Bertz CT molecular complexity index is 137. The van der Waals surface area contributed by atoms with Gasteiger partial charge < -0.3 is 10.1 Å². The lowest BCUT2D eigenvalue weighted by atomic mass is 10.1. The molecule has 2 unspecified atom stereocenters. The Hall–Kier alpha value is -0.120. The van der Waals surface area contributed by atoms with Crippen molar-refractivity contribution in [2.45, 2.75) is 52.6 Å². The third kappa shape index (κ3) is 5.83. The normalized spacial score (nSPS) is 15.4. The number of likely N-dealkylation sites (N-methyl/N-ethyl adjacent to an activating group) is 1. The standard InChI is InChI=1S/C13H30N2O/c1-6-9-14-13(7-2)12(4)15(8-3)10-11-16-5/h12-14H,6-11H2,1-5H3. The zero-order valence-corrected chi connectivity index (χ0v) is 11.8. The molecule has 16 heavy (non-hydrogen) atoms. The zero-order chi connectivity index (χ0) is 12.4. The molecule has 0 bridgehead atoms. The van der Waals surface area contributed by atoms with E-state index < -0.39 is 0 Å². The minimum Gasteiger partial charge on any atom is -0.383 e. The first-order valence-electron chi connectivity index (χ1n) is 6.67. The molecule has 1 N–H and O–H groups in total. The minimum atomic E-state index is 0.580. The van der Waals surface area contributed by atoms with Crippen molar-refractivity contribution in [2.24, 2.45) is 0 Å². The highest BCUT2D eigenvalue weighted by atomic mass is 16.5. The molecule has 0 spiro atoms. The van der Waals surface area contributed by atoms with E-state index in [1.54, 1.807) is 7.11 Å². The fourth-order valence-electron chi connectivity index (χ4n) is 2.10. The lowest BCUT2D eigenvalue weighted by molar-refractivity contribution is 0.112. The highest BCUT2D eigenvalue weighted by molar-refractivity contribution is 4.79. The van der Waals surface area contributed by atoms with Crippen LogP contribution in [0.4, 0.5) is 0 Å². The molecule has 0 aliphatic heterocycles. The van der Waals surface area contributed by atoms with E-state index in [0.29, 0.717) is 12.1 Å². The van der Waals surface area contributed by atoms with Gasteiger partial charge in [0, 0.05) is 25.7 Å². The average Bonchev–Trinajstić information content (AvgIpc) is 2.31. The van der Waals surface area contributed by atoms with Crippen LogP contribution >= 0.6 is 0 Å². The van der Waals surface area contributed by atoms with Gasteiger partial charge >= 0.3 is 0 Å². The Kier molecular flexibility index (Phi) is 9.99. The third-order valence-electron chi connectivity index (χ3n) is 3.24. The van der Waals surface area contributed by atoms with Crippen LogP contribution in [0, 0.1) is 0 Å². The monoisotopic (exact) mass is 230 g/mol. The van der Waals surface area contributed by atoms with Crippen molar-refractivity contribution in [3.05, 3.63) is 0 Å². The van der Waals surface area contributed by atoms with Crippen molar-refractivity contribution >= 4 is 0 Å². The molecule has 0 rings (SSSR count). The first-order valence-corrected chi connectivity index (χ1v) is 6.67. The molecule has 0 aliphatic carbocycles. The highest BCUT2D eigenvalue weighted by Crippen LogP contribution is 2.07. The second kappa shape index (κ2) is 10.1. The molecule has 0 aliphatic rings. The van der Waals surface area contributed by atoms with E-state index in [-0.39, 0.29) is 0 Å². The summed E-state index contributed by atoms with van der Waals surface area (Å²) < 4.78 is 5.16. The second-order valence-corrected chi connectivity index (χ2v) is 4.33. The summed E-state index contributed by atoms with van der Waals surface area (Å²) in [6.07, 6.45) is 2.39. The maximum absolute atomic E-state index is 5.16. The van der Waals surface area contributed by atoms with Gasteiger partial charge in [-0.15, -0.1) is 0 Å². The maximum Gasteiger partial charge on any atom is 0.0589 e. The number of hydrogen-bond acceptors (Lipinski definition) is 3. The molecule has 0 saturated heterocycles. The van der Waals surface area contributed by atoms with Gasteiger partial charge in [0.2, 0.25) is 0 Å². The van der Waals surface area contributed by atoms with Gasteiger partial charge in [0.25, 0.3) is 0 Å². The van der Waals surface area contributed by atoms with Crippen LogP contribution < -0.4 is 5.32 Å². The number of rotatable bonds is 10. The Balaban J connectivity index is 4.14. The molecule has 0 heterocycles. The lowest BCUT2D eigenvalue weighted by Crippen LogP contribution is -2.49. The molecule has 0 radical (unpaired) electrons. The fourth-order valence-corrected chi connectivity index (χ4v) is 2.10. The van der Waals surface area contributed by atoms with Crippen molar-refractivity contribution in [1.29, 1.82) is 0 Å². The summed E-state index contributed by atoms with van der Waals surface area (Å²) in [5.41, 5.74) is 0. The quantitative estimate of drug-likeness (QED) is 0.622. The number of methoxy groups -OCH3 is 1. The van der Waals surface area contributed by atoms with Crippen molar-refractivity contribution in [3.63, 3.8) is 0 Å². The molecular formula is C13H30N2O. The summed E-state index contributed by atoms with van der Waals surface area (Å²) in [6.45, 7) is 13.1. The molecule has 3 heteroatoms. The molecule has 3 nitrogen and oxygen atoms in total. The topological polar surface area (TPSA) is 24.5 Å². The van der Waals surface area contributed by atoms with Crippen molar-refractivity contribution < 1.29 is 4.74 Å². The van der Waals surface area contributed by atoms with E-state index in [1.165, 1.54) is 12.8 Å². The predicted molar refractivity (Wildman–Crippen MR) is 71.0 cm³/mol. The first-order chi connectivity index (χ1) is 7.71. The Morgan fingerprint density at radius 3 is 2.38 bits per heavy atom. The molecule has 0 fully saturated rings. The van der Waals surface area contributed by atoms with Gasteiger partial charge in [0.05, 0.1) is 6.61 Å². The molecule has 0 amide bonds. The van der Waals surface area contributed by atoms with Crippen molar-refractivity contribution in [1.82, 2.24) is 10.2 Å². The van der Waals surface area contributed by atoms with E-state index in [1.807, 2.05) is 0 Å². The Morgan fingerprint density at radius 2 is 1.94 bits per heavy atom. The summed E-state index contributed by atoms with van der Waals surface area (Å²) in [4.78, 5) is 2.49. The lowest BCUT2D eigenvalue weighted by Gasteiger charge is -2.34. The molecular weight excluding hydrogens is 200 g/mol. The van der Waals surface area contributed by atoms with Crippen LogP contribution in [0.2, 0.25) is 0 Å². The van der Waals surface area contributed by atoms with Gasteiger partial charge in [0.1, 0.15) is 0 Å².